The molecule has 1 aliphatic heterocycles. The van der Waals surface area contributed by atoms with Crippen LogP contribution >= 0.6 is 0 Å². The summed E-state index contributed by atoms with van der Waals surface area (Å²) in [6.07, 6.45) is 0.978. The smallest absolute Gasteiger partial charge is 0.130 e. The van der Waals surface area contributed by atoms with Crippen molar-refractivity contribution in [1.29, 1.82) is 0 Å². The average Bonchev–Trinajstić information content (AvgIpc) is 2.42. The van der Waals surface area contributed by atoms with Crippen LogP contribution in [0, 0.1) is 17.6 Å². The fourth-order valence-electron chi connectivity index (χ4n) is 2.79. The summed E-state index contributed by atoms with van der Waals surface area (Å²) in [6.45, 7) is 7.92. The maximum absolute atomic E-state index is 14.1. The fourth-order valence-corrected chi connectivity index (χ4v) is 2.79. The Morgan fingerprint density at radius 2 is 1.95 bits per heavy atom. The molecule has 1 fully saturated rings. The second-order valence-electron chi connectivity index (χ2n) is 5.28. The summed E-state index contributed by atoms with van der Waals surface area (Å²) in [5.74, 6) is -0.591. The summed E-state index contributed by atoms with van der Waals surface area (Å²) in [5, 5.41) is 3.31. The van der Waals surface area contributed by atoms with Crippen molar-refractivity contribution in [3.05, 3.63) is 35.4 Å². The van der Waals surface area contributed by atoms with E-state index in [-0.39, 0.29) is 6.04 Å². The van der Waals surface area contributed by atoms with Crippen molar-refractivity contribution in [1.82, 2.24) is 10.2 Å². The lowest BCUT2D eigenvalue weighted by Gasteiger charge is -2.38. The molecule has 0 aliphatic carbocycles. The quantitative estimate of drug-likeness (QED) is 0.903. The lowest BCUT2D eigenvalue weighted by molar-refractivity contribution is 0.125. The molecule has 1 aromatic rings. The lowest BCUT2D eigenvalue weighted by atomic mass is 9.90. The molecule has 19 heavy (non-hydrogen) atoms. The zero-order chi connectivity index (χ0) is 13.8. The average molecular weight is 268 g/mol. The van der Waals surface area contributed by atoms with Gasteiger partial charge in [-0.3, -0.25) is 4.90 Å². The van der Waals surface area contributed by atoms with Gasteiger partial charge in [0.2, 0.25) is 0 Å². The minimum Gasteiger partial charge on any atom is -0.314 e. The van der Waals surface area contributed by atoms with E-state index in [9.17, 15) is 8.78 Å². The number of nitrogens with one attached hydrogen (secondary N) is 1. The van der Waals surface area contributed by atoms with Crippen LogP contribution in [0.25, 0.3) is 0 Å². The van der Waals surface area contributed by atoms with Crippen LogP contribution in [0.15, 0.2) is 18.2 Å². The minimum absolute atomic E-state index is 0.0349. The van der Waals surface area contributed by atoms with E-state index in [1.54, 1.807) is 6.07 Å². The molecule has 1 aliphatic rings. The molecule has 0 bridgehead atoms. The topological polar surface area (TPSA) is 15.3 Å². The Hall–Kier alpha value is -1.00. The molecular weight excluding hydrogens is 246 g/mol. The molecule has 1 heterocycles. The summed E-state index contributed by atoms with van der Waals surface area (Å²) >= 11 is 0. The number of halogens is 2. The van der Waals surface area contributed by atoms with Crippen molar-refractivity contribution in [2.24, 2.45) is 5.92 Å². The number of rotatable bonds is 4. The van der Waals surface area contributed by atoms with Gasteiger partial charge in [0.15, 0.2) is 0 Å². The van der Waals surface area contributed by atoms with E-state index >= 15 is 0 Å². The highest BCUT2D eigenvalue weighted by Crippen LogP contribution is 2.32. The molecule has 0 aromatic heterocycles. The monoisotopic (exact) mass is 268 g/mol. The summed E-state index contributed by atoms with van der Waals surface area (Å²) < 4.78 is 27.1. The van der Waals surface area contributed by atoms with Crippen molar-refractivity contribution in [3.8, 4) is 0 Å². The summed E-state index contributed by atoms with van der Waals surface area (Å²) in [6, 6.07) is 3.99. The first kappa shape index (κ1) is 14.4. The van der Waals surface area contributed by atoms with E-state index in [0.29, 0.717) is 11.5 Å². The highest BCUT2D eigenvalue weighted by atomic mass is 19.1. The molecule has 106 valence electrons. The van der Waals surface area contributed by atoms with Gasteiger partial charge in [-0.25, -0.2) is 8.78 Å². The van der Waals surface area contributed by atoms with Gasteiger partial charge >= 0.3 is 0 Å². The van der Waals surface area contributed by atoms with Crippen LogP contribution < -0.4 is 5.32 Å². The molecular formula is C15H22F2N2. The summed E-state index contributed by atoms with van der Waals surface area (Å²) in [4.78, 5) is 2.31. The van der Waals surface area contributed by atoms with Crippen molar-refractivity contribution < 1.29 is 8.78 Å². The molecule has 1 saturated heterocycles. The molecule has 0 radical (unpaired) electrons. The number of nitrogens with zero attached hydrogens (tertiary/aromatic N) is 1. The maximum Gasteiger partial charge on any atom is 0.130 e. The van der Waals surface area contributed by atoms with Gasteiger partial charge in [0.25, 0.3) is 0 Å². The third-order valence-electron chi connectivity index (χ3n) is 4.01. The van der Waals surface area contributed by atoms with Gasteiger partial charge in [0.1, 0.15) is 11.6 Å². The van der Waals surface area contributed by atoms with E-state index in [0.717, 1.165) is 38.7 Å². The third-order valence-corrected chi connectivity index (χ3v) is 4.01. The van der Waals surface area contributed by atoms with Crippen LogP contribution in [-0.4, -0.2) is 31.1 Å². The highest BCUT2D eigenvalue weighted by Gasteiger charge is 2.28. The summed E-state index contributed by atoms with van der Waals surface area (Å²) in [5.41, 5.74) is 0.623. The SMILES string of the molecule is CCC(C)[C@H](c1ccc(F)cc1F)N1CCNCC1. The minimum atomic E-state index is -0.510. The zero-order valence-corrected chi connectivity index (χ0v) is 11.6. The predicted molar refractivity (Wildman–Crippen MR) is 73.0 cm³/mol. The number of hydrogen-bond donors (Lipinski definition) is 1. The third kappa shape index (κ3) is 3.31. The first-order valence-corrected chi connectivity index (χ1v) is 7.03. The van der Waals surface area contributed by atoms with Crippen molar-refractivity contribution in [2.45, 2.75) is 26.3 Å². The van der Waals surface area contributed by atoms with E-state index in [1.807, 2.05) is 0 Å². The Morgan fingerprint density at radius 1 is 1.26 bits per heavy atom. The van der Waals surface area contributed by atoms with Crippen molar-refractivity contribution in [3.63, 3.8) is 0 Å². The van der Waals surface area contributed by atoms with Crippen molar-refractivity contribution >= 4 is 0 Å². The van der Waals surface area contributed by atoms with Crippen LogP contribution in [0.3, 0.4) is 0 Å². The molecule has 0 amide bonds. The van der Waals surface area contributed by atoms with Gasteiger partial charge in [0, 0.05) is 43.9 Å². The zero-order valence-electron chi connectivity index (χ0n) is 11.6. The van der Waals surface area contributed by atoms with Crippen LogP contribution in [0.1, 0.15) is 31.9 Å². The van der Waals surface area contributed by atoms with Crippen LogP contribution in [0.5, 0.6) is 0 Å². The second kappa shape index (κ2) is 6.44. The fraction of sp³-hybridized carbons (Fsp3) is 0.600. The molecule has 2 atom stereocenters. The Kier molecular flexibility index (Phi) is 4.88. The van der Waals surface area contributed by atoms with Crippen LogP contribution in [0.4, 0.5) is 8.78 Å². The van der Waals surface area contributed by atoms with Crippen LogP contribution in [0.2, 0.25) is 0 Å². The van der Waals surface area contributed by atoms with E-state index in [1.165, 1.54) is 6.07 Å². The van der Waals surface area contributed by atoms with Gasteiger partial charge in [0.05, 0.1) is 0 Å². The molecule has 4 heteroatoms. The highest BCUT2D eigenvalue weighted by molar-refractivity contribution is 5.23. The Bertz CT molecular complexity index is 417. The van der Waals surface area contributed by atoms with E-state index in [2.05, 4.69) is 24.1 Å². The number of hydrogen-bond acceptors (Lipinski definition) is 2. The van der Waals surface area contributed by atoms with Gasteiger partial charge in [-0.2, -0.15) is 0 Å². The molecule has 1 N–H and O–H groups in total. The molecule has 2 rings (SSSR count). The van der Waals surface area contributed by atoms with Gasteiger partial charge < -0.3 is 5.32 Å². The lowest BCUT2D eigenvalue weighted by Crippen LogP contribution is -2.46. The Balaban J connectivity index is 2.30. The largest absolute Gasteiger partial charge is 0.314 e. The van der Waals surface area contributed by atoms with Gasteiger partial charge in [-0.1, -0.05) is 26.3 Å². The number of benzene rings is 1. The molecule has 1 aromatic carbocycles. The molecule has 1 unspecified atom stereocenters. The Morgan fingerprint density at radius 3 is 2.53 bits per heavy atom. The van der Waals surface area contributed by atoms with E-state index in [4.69, 9.17) is 0 Å². The van der Waals surface area contributed by atoms with Gasteiger partial charge in [-0.15, -0.1) is 0 Å². The predicted octanol–water partition coefficient (Wildman–Crippen LogP) is 2.96. The second-order valence-corrected chi connectivity index (χ2v) is 5.28. The molecule has 0 saturated carbocycles. The van der Waals surface area contributed by atoms with Crippen molar-refractivity contribution in [2.75, 3.05) is 26.2 Å². The normalized spacial score (nSPS) is 20.2. The first-order valence-electron chi connectivity index (χ1n) is 7.03. The first-order chi connectivity index (χ1) is 9.13. The standard InChI is InChI=1S/C15H22F2N2/c1-3-11(2)15(19-8-6-18-7-9-19)13-5-4-12(16)10-14(13)17/h4-5,10-11,15,18H,3,6-9H2,1-2H3/t11?,15-/m1/s1. The van der Waals surface area contributed by atoms with E-state index < -0.39 is 11.6 Å². The maximum atomic E-state index is 14.1. The summed E-state index contributed by atoms with van der Waals surface area (Å²) in [7, 11) is 0. The molecule has 0 spiro atoms. The Labute approximate surface area is 113 Å². The number of piperazine rings is 1. The van der Waals surface area contributed by atoms with Crippen LogP contribution in [-0.2, 0) is 0 Å². The van der Waals surface area contributed by atoms with Gasteiger partial charge in [-0.05, 0) is 12.0 Å². The molecule has 2 nitrogen and oxygen atoms in total.